The third-order valence-electron chi connectivity index (χ3n) is 2.52. The van der Waals surface area contributed by atoms with Crippen LogP contribution in [0.3, 0.4) is 0 Å². The Hall–Kier alpha value is -1.65. The number of amides is 2. The average Bonchev–Trinajstić information content (AvgIpc) is 2.85. The monoisotopic (exact) mass is 314 g/mol. The lowest BCUT2D eigenvalue weighted by atomic mass is 10.2. The second kappa shape index (κ2) is 10.1. The molecule has 0 saturated carbocycles. The number of alkyl halides is 2. The lowest BCUT2D eigenvalue weighted by Crippen LogP contribution is -2.42. The van der Waals surface area contributed by atoms with Crippen molar-refractivity contribution in [1.29, 1.82) is 0 Å². The van der Waals surface area contributed by atoms with Gasteiger partial charge in [0.2, 0.25) is 6.93 Å². The highest BCUT2D eigenvalue weighted by Crippen LogP contribution is 2.24. The van der Waals surface area contributed by atoms with Gasteiger partial charge in [0, 0.05) is 13.5 Å². The van der Waals surface area contributed by atoms with Gasteiger partial charge in [-0.3, -0.25) is 9.69 Å². The first-order chi connectivity index (χ1) is 9.94. The number of allylic oxidation sites excluding steroid dienone is 1. The molecular formula is C11H17F3N2O5. The Labute approximate surface area is 119 Å². The van der Waals surface area contributed by atoms with Crippen LogP contribution in [0.1, 0.15) is 6.42 Å². The van der Waals surface area contributed by atoms with Crippen molar-refractivity contribution in [2.24, 2.45) is 0 Å². The Balaban J connectivity index is 0.00000122. The average molecular weight is 314 g/mol. The van der Waals surface area contributed by atoms with Crippen molar-refractivity contribution in [3.8, 4) is 0 Å². The zero-order valence-corrected chi connectivity index (χ0v) is 11.2. The van der Waals surface area contributed by atoms with Crippen molar-refractivity contribution in [1.82, 2.24) is 10.2 Å². The minimum absolute atomic E-state index is 0.0152. The maximum absolute atomic E-state index is 12.9. The molecule has 7 nitrogen and oxygen atoms in total. The summed E-state index contributed by atoms with van der Waals surface area (Å²) in [7, 11) is 1.33. The Bertz CT molecular complexity index is 370. The number of aldehydes is 1. The number of hydrogen-bond acceptors (Lipinski definition) is 5. The SMILES string of the molecule is CNC(=O)N(/C=C(/F)C=O)C1CC(O)C(CO)O1.FCF. The largest absolute Gasteiger partial charge is 0.394 e. The van der Waals surface area contributed by atoms with Crippen LogP contribution in [0.15, 0.2) is 12.0 Å². The van der Waals surface area contributed by atoms with Crippen molar-refractivity contribution in [2.75, 3.05) is 20.6 Å². The van der Waals surface area contributed by atoms with Gasteiger partial charge in [0.05, 0.1) is 18.9 Å². The number of aliphatic hydroxyl groups is 2. The van der Waals surface area contributed by atoms with Crippen LogP contribution in [0.5, 0.6) is 0 Å². The van der Waals surface area contributed by atoms with Gasteiger partial charge in [0.15, 0.2) is 12.1 Å². The fourth-order valence-corrected chi connectivity index (χ4v) is 1.62. The van der Waals surface area contributed by atoms with Gasteiger partial charge in [-0.15, -0.1) is 0 Å². The van der Waals surface area contributed by atoms with E-state index in [1.165, 1.54) is 7.05 Å². The predicted octanol–water partition coefficient (Wildman–Crippen LogP) is -0.0113. The molecule has 0 bridgehead atoms. The number of rotatable bonds is 4. The van der Waals surface area contributed by atoms with Gasteiger partial charge in [0.1, 0.15) is 12.3 Å². The topological polar surface area (TPSA) is 99.1 Å². The molecular weight excluding hydrogens is 297 g/mol. The molecule has 3 N–H and O–H groups in total. The summed E-state index contributed by atoms with van der Waals surface area (Å²) in [6.45, 7) is -2.17. The molecule has 1 fully saturated rings. The van der Waals surface area contributed by atoms with Crippen molar-refractivity contribution in [3.63, 3.8) is 0 Å². The minimum Gasteiger partial charge on any atom is -0.394 e. The smallest absolute Gasteiger partial charge is 0.323 e. The standard InChI is InChI=1S/C10H15FN2O5.CH2F2/c1-12-10(17)13(3-6(11)4-14)9-2-7(16)8(5-15)18-9;2-1-3/h3-4,7-9,15-16H,2,5H2,1H3,(H,12,17);1H2/b6-3+;. The van der Waals surface area contributed by atoms with E-state index < -0.39 is 43.8 Å². The van der Waals surface area contributed by atoms with Crippen molar-refractivity contribution in [2.45, 2.75) is 24.9 Å². The summed E-state index contributed by atoms with van der Waals surface area (Å²) < 4.78 is 37.4. The third kappa shape index (κ3) is 6.10. The highest BCUT2D eigenvalue weighted by atomic mass is 19.3. The van der Waals surface area contributed by atoms with E-state index >= 15 is 0 Å². The molecule has 10 heteroatoms. The van der Waals surface area contributed by atoms with Crippen LogP contribution >= 0.6 is 0 Å². The molecule has 1 saturated heterocycles. The number of nitrogens with one attached hydrogen (secondary N) is 1. The fraction of sp³-hybridized carbons (Fsp3) is 0.636. The van der Waals surface area contributed by atoms with E-state index in [0.29, 0.717) is 6.20 Å². The Morgan fingerprint density at radius 3 is 2.48 bits per heavy atom. The van der Waals surface area contributed by atoms with E-state index in [4.69, 9.17) is 9.84 Å². The van der Waals surface area contributed by atoms with Gasteiger partial charge in [-0.1, -0.05) is 0 Å². The molecule has 0 aromatic carbocycles. The number of carbonyl (C=O) groups excluding carboxylic acids is 2. The van der Waals surface area contributed by atoms with E-state index in [-0.39, 0.29) is 12.7 Å². The maximum atomic E-state index is 12.9. The molecule has 3 atom stereocenters. The number of aliphatic hydroxyl groups excluding tert-OH is 2. The van der Waals surface area contributed by atoms with Gasteiger partial charge in [0.25, 0.3) is 0 Å². The minimum atomic E-state index is -1.75. The molecule has 122 valence electrons. The first kappa shape index (κ1) is 19.4. The number of urea groups is 1. The number of carbonyl (C=O) groups is 2. The lowest BCUT2D eigenvalue weighted by Gasteiger charge is -2.24. The van der Waals surface area contributed by atoms with Crippen molar-refractivity contribution >= 4 is 12.3 Å². The normalized spacial score (nSPS) is 24.9. The van der Waals surface area contributed by atoms with Crippen LogP contribution in [0.4, 0.5) is 18.0 Å². The fourth-order valence-electron chi connectivity index (χ4n) is 1.62. The highest BCUT2D eigenvalue weighted by Gasteiger charge is 2.38. The Kier molecular flexibility index (Phi) is 9.34. The van der Waals surface area contributed by atoms with Crippen molar-refractivity contribution in [3.05, 3.63) is 12.0 Å². The summed E-state index contributed by atoms with van der Waals surface area (Å²) in [5.41, 5.74) is 0. The van der Waals surface area contributed by atoms with Crippen LogP contribution < -0.4 is 5.32 Å². The molecule has 0 aromatic heterocycles. The number of halogens is 3. The van der Waals surface area contributed by atoms with Gasteiger partial charge >= 0.3 is 6.03 Å². The van der Waals surface area contributed by atoms with E-state index in [2.05, 4.69) is 5.32 Å². The van der Waals surface area contributed by atoms with Gasteiger partial charge in [-0.25, -0.2) is 18.0 Å². The molecule has 0 radical (unpaired) electrons. The summed E-state index contributed by atoms with van der Waals surface area (Å²) in [6.07, 6.45) is -2.09. The van der Waals surface area contributed by atoms with Crippen LogP contribution in [-0.2, 0) is 9.53 Å². The Morgan fingerprint density at radius 2 is 2.10 bits per heavy atom. The quantitative estimate of drug-likeness (QED) is 0.501. The lowest BCUT2D eigenvalue weighted by molar-refractivity contribution is -0.106. The maximum Gasteiger partial charge on any atom is 0.323 e. The second-order valence-electron chi connectivity index (χ2n) is 3.81. The predicted molar refractivity (Wildman–Crippen MR) is 65.0 cm³/mol. The number of ether oxygens (including phenoxy) is 1. The summed E-state index contributed by atoms with van der Waals surface area (Å²) in [5.74, 6) is -1.15. The first-order valence-corrected chi connectivity index (χ1v) is 5.83. The molecule has 21 heavy (non-hydrogen) atoms. The summed E-state index contributed by atoms with van der Waals surface area (Å²) in [6, 6.07) is -0.692. The van der Waals surface area contributed by atoms with E-state index in [9.17, 15) is 27.9 Å². The summed E-state index contributed by atoms with van der Waals surface area (Å²) in [4.78, 5) is 22.6. The van der Waals surface area contributed by atoms with E-state index in [1.54, 1.807) is 0 Å². The van der Waals surface area contributed by atoms with Crippen LogP contribution in [0.2, 0.25) is 0 Å². The Morgan fingerprint density at radius 1 is 1.52 bits per heavy atom. The first-order valence-electron chi connectivity index (χ1n) is 5.83. The summed E-state index contributed by atoms with van der Waals surface area (Å²) in [5, 5.41) is 20.7. The molecule has 0 spiro atoms. The summed E-state index contributed by atoms with van der Waals surface area (Å²) >= 11 is 0. The molecule has 1 rings (SSSR count). The van der Waals surface area contributed by atoms with E-state index in [1.807, 2.05) is 0 Å². The third-order valence-corrected chi connectivity index (χ3v) is 2.52. The molecule has 0 aliphatic carbocycles. The van der Waals surface area contributed by atoms with Crippen molar-refractivity contribution < 1.29 is 37.7 Å². The van der Waals surface area contributed by atoms with Gasteiger partial charge < -0.3 is 20.3 Å². The second-order valence-corrected chi connectivity index (χ2v) is 3.81. The van der Waals surface area contributed by atoms with Gasteiger partial charge in [-0.05, 0) is 0 Å². The molecule has 2 amide bonds. The zero-order valence-electron chi connectivity index (χ0n) is 11.2. The molecule has 3 unspecified atom stereocenters. The zero-order chi connectivity index (χ0) is 16.4. The van der Waals surface area contributed by atoms with Gasteiger partial charge in [-0.2, -0.15) is 0 Å². The molecule has 1 heterocycles. The van der Waals surface area contributed by atoms with Crippen LogP contribution in [0, 0.1) is 0 Å². The molecule has 1 aliphatic heterocycles. The van der Waals surface area contributed by atoms with Crippen LogP contribution in [0.25, 0.3) is 0 Å². The highest BCUT2D eigenvalue weighted by molar-refractivity contribution is 5.77. The number of hydrogen-bond donors (Lipinski definition) is 3. The van der Waals surface area contributed by atoms with E-state index in [0.717, 1.165) is 4.90 Å². The molecule has 1 aliphatic rings. The van der Waals surface area contributed by atoms with Crippen LogP contribution in [-0.4, -0.2) is 66.4 Å². The number of nitrogens with zero attached hydrogens (tertiary/aromatic N) is 1. The molecule has 0 aromatic rings.